The highest BCUT2D eigenvalue weighted by atomic mass is 35.5. The summed E-state index contributed by atoms with van der Waals surface area (Å²) >= 11 is 7.27. The zero-order valence-electron chi connectivity index (χ0n) is 6.98. The summed E-state index contributed by atoms with van der Waals surface area (Å²) in [6, 6.07) is 0. The number of carbonyl (C=O) groups is 1. The average Bonchev–Trinajstić information content (AvgIpc) is 2.34. The molecule has 12 heavy (non-hydrogen) atoms. The van der Waals surface area contributed by atoms with Crippen molar-refractivity contribution >= 4 is 28.8 Å². The highest BCUT2D eigenvalue weighted by Gasteiger charge is 2.12. The molecule has 1 heterocycles. The first-order chi connectivity index (χ1) is 5.66. The minimum atomic E-state index is -0.0828. The van der Waals surface area contributed by atoms with Gasteiger partial charge < -0.3 is 5.32 Å². The number of nitrogens with one attached hydrogen (secondary N) is 1. The normalized spacial score (nSPS) is 9.92. The third-order valence-electron chi connectivity index (χ3n) is 1.44. The maximum Gasteiger partial charge on any atom is 0.262 e. The molecule has 0 unspecified atom stereocenters. The number of carbonyl (C=O) groups excluding carboxylic acids is 1. The van der Waals surface area contributed by atoms with Crippen LogP contribution in [0.3, 0.4) is 0 Å². The lowest BCUT2D eigenvalue weighted by Crippen LogP contribution is -2.21. The molecule has 0 atom stereocenters. The van der Waals surface area contributed by atoms with Gasteiger partial charge in [-0.2, -0.15) is 0 Å². The Kier molecular flexibility index (Phi) is 3.12. The van der Waals surface area contributed by atoms with Gasteiger partial charge in [0.05, 0.1) is 5.02 Å². The number of halogens is 1. The summed E-state index contributed by atoms with van der Waals surface area (Å²) in [7, 11) is 0. The van der Waals surface area contributed by atoms with Crippen molar-refractivity contribution < 1.29 is 4.79 Å². The maximum atomic E-state index is 11.3. The molecule has 1 rings (SSSR count). The van der Waals surface area contributed by atoms with E-state index in [1.165, 1.54) is 11.3 Å². The summed E-state index contributed by atoms with van der Waals surface area (Å²) in [6.45, 7) is 4.40. The predicted molar refractivity (Wildman–Crippen MR) is 52.1 cm³/mol. The molecule has 0 aliphatic heterocycles. The van der Waals surface area contributed by atoms with Crippen LogP contribution < -0.4 is 5.32 Å². The number of rotatable bonds is 2. The van der Waals surface area contributed by atoms with Gasteiger partial charge in [-0.25, -0.2) is 0 Å². The van der Waals surface area contributed by atoms with Crippen molar-refractivity contribution in [3.8, 4) is 0 Å². The molecule has 1 aromatic rings. The lowest BCUT2D eigenvalue weighted by Gasteiger charge is -1.98. The van der Waals surface area contributed by atoms with Crippen LogP contribution in [0.5, 0.6) is 0 Å². The molecule has 0 aliphatic rings. The van der Waals surface area contributed by atoms with E-state index in [-0.39, 0.29) is 5.91 Å². The van der Waals surface area contributed by atoms with Crippen molar-refractivity contribution in [2.45, 2.75) is 13.8 Å². The van der Waals surface area contributed by atoms with Crippen LogP contribution in [-0.4, -0.2) is 12.5 Å². The second kappa shape index (κ2) is 3.92. The maximum absolute atomic E-state index is 11.3. The molecule has 0 aliphatic carbocycles. The summed E-state index contributed by atoms with van der Waals surface area (Å²) in [6.07, 6.45) is 0. The second-order valence-electron chi connectivity index (χ2n) is 2.42. The van der Waals surface area contributed by atoms with Crippen LogP contribution in [0.25, 0.3) is 0 Å². The van der Waals surface area contributed by atoms with Gasteiger partial charge in [-0.15, -0.1) is 11.3 Å². The van der Waals surface area contributed by atoms with E-state index in [2.05, 4.69) is 5.32 Å². The fourth-order valence-electron chi connectivity index (χ4n) is 0.824. The monoisotopic (exact) mass is 203 g/mol. The zero-order chi connectivity index (χ0) is 9.14. The number of thiophene rings is 1. The summed E-state index contributed by atoms with van der Waals surface area (Å²) in [5.74, 6) is -0.0828. The molecule has 0 fully saturated rings. The molecular weight excluding hydrogens is 194 g/mol. The van der Waals surface area contributed by atoms with Gasteiger partial charge in [0.15, 0.2) is 0 Å². The Hall–Kier alpha value is -0.540. The van der Waals surface area contributed by atoms with Crippen molar-refractivity contribution in [1.29, 1.82) is 0 Å². The summed E-state index contributed by atoms with van der Waals surface area (Å²) in [4.78, 5) is 11.9. The van der Waals surface area contributed by atoms with Gasteiger partial charge in [0.25, 0.3) is 5.91 Å². The highest BCUT2D eigenvalue weighted by molar-refractivity contribution is 7.13. The van der Waals surface area contributed by atoms with Crippen LogP contribution in [-0.2, 0) is 0 Å². The van der Waals surface area contributed by atoms with E-state index < -0.39 is 0 Å². The van der Waals surface area contributed by atoms with Gasteiger partial charge in [-0.3, -0.25) is 4.79 Å². The third kappa shape index (κ3) is 1.79. The first-order valence-corrected chi connectivity index (χ1v) is 4.94. The van der Waals surface area contributed by atoms with Crippen LogP contribution in [0.4, 0.5) is 0 Å². The molecule has 0 spiro atoms. The molecule has 0 bridgehead atoms. The molecule has 2 nitrogen and oxygen atoms in total. The Morgan fingerprint density at radius 3 is 2.83 bits per heavy atom. The molecule has 0 saturated heterocycles. The van der Waals surface area contributed by atoms with Gasteiger partial charge in [0.2, 0.25) is 0 Å². The molecule has 66 valence electrons. The SMILES string of the molecule is CCNC(=O)c1scc(C)c1Cl. The van der Waals surface area contributed by atoms with Crippen molar-refractivity contribution in [2.24, 2.45) is 0 Å². The van der Waals surface area contributed by atoms with Gasteiger partial charge >= 0.3 is 0 Å². The van der Waals surface area contributed by atoms with Gasteiger partial charge in [-0.1, -0.05) is 11.6 Å². The Morgan fingerprint density at radius 2 is 2.42 bits per heavy atom. The summed E-state index contributed by atoms with van der Waals surface area (Å²) in [5.41, 5.74) is 0.961. The lowest BCUT2D eigenvalue weighted by atomic mass is 10.3. The summed E-state index contributed by atoms with van der Waals surface area (Å²) < 4.78 is 0. The first-order valence-electron chi connectivity index (χ1n) is 3.68. The topological polar surface area (TPSA) is 29.1 Å². The first kappa shape index (κ1) is 9.55. The Labute approximate surface area is 80.5 Å². The van der Waals surface area contributed by atoms with E-state index in [0.29, 0.717) is 16.4 Å². The van der Waals surface area contributed by atoms with Gasteiger partial charge in [0, 0.05) is 6.54 Å². The van der Waals surface area contributed by atoms with E-state index in [1.807, 2.05) is 19.2 Å². The van der Waals surface area contributed by atoms with E-state index in [9.17, 15) is 4.79 Å². The van der Waals surface area contributed by atoms with E-state index in [0.717, 1.165) is 5.56 Å². The number of hydrogen-bond acceptors (Lipinski definition) is 2. The average molecular weight is 204 g/mol. The largest absolute Gasteiger partial charge is 0.352 e. The van der Waals surface area contributed by atoms with E-state index >= 15 is 0 Å². The molecule has 4 heteroatoms. The minimum absolute atomic E-state index is 0.0828. The Bertz CT molecular complexity index is 295. The molecule has 1 N–H and O–H groups in total. The highest BCUT2D eigenvalue weighted by Crippen LogP contribution is 2.26. The number of hydrogen-bond donors (Lipinski definition) is 1. The van der Waals surface area contributed by atoms with Crippen LogP contribution in [0, 0.1) is 6.92 Å². The smallest absolute Gasteiger partial charge is 0.262 e. The fourth-order valence-corrected chi connectivity index (χ4v) is 2.02. The van der Waals surface area contributed by atoms with Gasteiger partial charge in [0.1, 0.15) is 4.88 Å². The molecular formula is C8H10ClNOS. The number of amides is 1. The third-order valence-corrected chi connectivity index (χ3v) is 3.14. The molecule has 1 aromatic heterocycles. The van der Waals surface area contributed by atoms with Gasteiger partial charge in [-0.05, 0) is 24.8 Å². The molecule has 1 amide bonds. The van der Waals surface area contributed by atoms with Crippen LogP contribution in [0.1, 0.15) is 22.2 Å². The predicted octanol–water partition coefficient (Wildman–Crippen LogP) is 2.46. The Balaban J connectivity index is 2.88. The fraction of sp³-hybridized carbons (Fsp3) is 0.375. The summed E-state index contributed by atoms with van der Waals surface area (Å²) in [5, 5.41) is 5.16. The van der Waals surface area contributed by atoms with Crippen molar-refractivity contribution in [1.82, 2.24) is 5.32 Å². The van der Waals surface area contributed by atoms with E-state index in [4.69, 9.17) is 11.6 Å². The van der Waals surface area contributed by atoms with Crippen LogP contribution >= 0.6 is 22.9 Å². The zero-order valence-corrected chi connectivity index (χ0v) is 8.55. The van der Waals surface area contributed by atoms with Crippen molar-refractivity contribution in [3.63, 3.8) is 0 Å². The van der Waals surface area contributed by atoms with Crippen LogP contribution in [0.2, 0.25) is 5.02 Å². The van der Waals surface area contributed by atoms with Crippen molar-refractivity contribution in [3.05, 3.63) is 20.8 Å². The molecule has 0 saturated carbocycles. The quantitative estimate of drug-likeness (QED) is 0.786. The minimum Gasteiger partial charge on any atom is -0.352 e. The molecule has 0 radical (unpaired) electrons. The second-order valence-corrected chi connectivity index (χ2v) is 3.68. The number of aryl methyl sites for hydroxylation is 1. The van der Waals surface area contributed by atoms with Crippen molar-refractivity contribution in [2.75, 3.05) is 6.54 Å². The van der Waals surface area contributed by atoms with Crippen LogP contribution in [0.15, 0.2) is 5.38 Å². The lowest BCUT2D eigenvalue weighted by molar-refractivity contribution is 0.0960. The standard InChI is InChI=1S/C8H10ClNOS/c1-3-10-8(11)7-6(9)5(2)4-12-7/h4H,3H2,1-2H3,(H,10,11). The Morgan fingerprint density at radius 1 is 1.75 bits per heavy atom. The molecule has 0 aromatic carbocycles. The van der Waals surface area contributed by atoms with E-state index in [1.54, 1.807) is 0 Å².